The third-order valence-corrected chi connectivity index (χ3v) is 6.17. The molecule has 2 heterocycles. The Kier molecular flexibility index (Phi) is 5.84. The van der Waals surface area contributed by atoms with Gasteiger partial charge in [0, 0.05) is 5.56 Å². The van der Waals surface area contributed by atoms with E-state index in [0.29, 0.717) is 10.8 Å². The Labute approximate surface area is 187 Å². The highest BCUT2D eigenvalue weighted by molar-refractivity contribution is 7.17. The van der Waals surface area contributed by atoms with Crippen LogP contribution in [0.3, 0.4) is 0 Å². The Balaban J connectivity index is 0.00000231. The van der Waals surface area contributed by atoms with Crippen molar-refractivity contribution in [2.24, 2.45) is 10.7 Å². The molecule has 0 atom stereocenters. The predicted molar refractivity (Wildman–Crippen MR) is 119 cm³/mol. The molecule has 1 aliphatic carbocycles. The van der Waals surface area contributed by atoms with Crippen LogP contribution in [-0.2, 0) is 12.8 Å². The Hall–Kier alpha value is -3.10. The number of nitrogens with two attached hydrogens (primary N) is 1. The molecule has 2 aromatic carbocycles. The van der Waals surface area contributed by atoms with Crippen molar-refractivity contribution in [1.82, 2.24) is 9.97 Å². The van der Waals surface area contributed by atoms with E-state index in [2.05, 4.69) is 27.1 Å². The number of thiazole rings is 1. The first-order chi connectivity index (χ1) is 14.6. The number of aliphatic imine (C=N–C) groups is 1. The van der Waals surface area contributed by atoms with E-state index in [1.54, 1.807) is 6.20 Å². The molecule has 2 aromatic heterocycles. The van der Waals surface area contributed by atoms with E-state index in [1.165, 1.54) is 29.4 Å². The Bertz CT molecular complexity index is 1250. The van der Waals surface area contributed by atoms with Crippen molar-refractivity contribution >= 4 is 35.3 Å². The number of aryl methyl sites for hydroxylation is 2. The zero-order valence-corrected chi connectivity index (χ0v) is 17.8. The van der Waals surface area contributed by atoms with Crippen molar-refractivity contribution in [2.45, 2.75) is 19.3 Å². The highest BCUT2D eigenvalue weighted by Crippen LogP contribution is 2.39. The number of hydrogen-bond acceptors (Lipinski definition) is 5. The van der Waals surface area contributed by atoms with Crippen LogP contribution in [0.4, 0.5) is 14.5 Å². The van der Waals surface area contributed by atoms with Crippen molar-refractivity contribution in [3.05, 3.63) is 76.9 Å². The van der Waals surface area contributed by atoms with Gasteiger partial charge in [0.15, 0.2) is 34.6 Å². The van der Waals surface area contributed by atoms with E-state index in [-0.39, 0.29) is 18.2 Å². The number of oxazole rings is 1. The molecule has 0 aliphatic heterocycles. The first-order valence-corrected chi connectivity index (χ1v) is 10.2. The van der Waals surface area contributed by atoms with E-state index in [4.69, 9.17) is 10.2 Å². The highest BCUT2D eigenvalue weighted by Gasteiger charge is 2.22. The van der Waals surface area contributed by atoms with Gasteiger partial charge in [0.05, 0.1) is 16.8 Å². The summed E-state index contributed by atoms with van der Waals surface area (Å²) in [7, 11) is 0. The zero-order valence-electron chi connectivity index (χ0n) is 16.1. The fraction of sp³-hybridized carbons (Fsp3) is 0.136. The van der Waals surface area contributed by atoms with Crippen molar-refractivity contribution < 1.29 is 13.2 Å². The average molecular weight is 459 g/mol. The molecule has 5 nitrogen and oxygen atoms in total. The molecule has 0 saturated heterocycles. The van der Waals surface area contributed by atoms with Crippen LogP contribution < -0.4 is 5.73 Å². The third kappa shape index (κ3) is 3.96. The molecule has 0 saturated carbocycles. The number of amidine groups is 1. The average Bonchev–Trinajstić information content (AvgIpc) is 3.39. The summed E-state index contributed by atoms with van der Waals surface area (Å²) >= 11 is 1.38. The maximum Gasteiger partial charge on any atom is 0.181 e. The lowest BCUT2D eigenvalue weighted by Crippen LogP contribution is -2.13. The smallest absolute Gasteiger partial charge is 0.181 e. The summed E-state index contributed by atoms with van der Waals surface area (Å²) in [5, 5.41) is 0.445. The van der Waals surface area contributed by atoms with Crippen molar-refractivity contribution in [1.29, 1.82) is 0 Å². The van der Waals surface area contributed by atoms with Crippen LogP contribution in [0.5, 0.6) is 0 Å². The first kappa shape index (κ1) is 21.1. The molecule has 9 heteroatoms. The SMILES string of the molecule is Cl.NC(=Nc1c(F)cccc1F)c1nc2c(s1)-c1cc(-c3cnco3)ccc1CCC2. The van der Waals surface area contributed by atoms with Gasteiger partial charge in [-0.1, -0.05) is 18.2 Å². The van der Waals surface area contributed by atoms with E-state index < -0.39 is 17.3 Å². The van der Waals surface area contributed by atoms with Crippen molar-refractivity contribution in [2.75, 3.05) is 0 Å². The topological polar surface area (TPSA) is 77.3 Å². The second kappa shape index (κ2) is 8.56. The Morgan fingerprint density at radius 3 is 2.68 bits per heavy atom. The lowest BCUT2D eigenvalue weighted by Gasteiger charge is -2.07. The summed E-state index contributed by atoms with van der Waals surface area (Å²) < 4.78 is 33.3. The fourth-order valence-electron chi connectivity index (χ4n) is 3.57. The minimum absolute atomic E-state index is 0. The molecule has 2 N–H and O–H groups in total. The summed E-state index contributed by atoms with van der Waals surface area (Å²) in [6.07, 6.45) is 5.75. The van der Waals surface area contributed by atoms with Crippen molar-refractivity contribution in [3.8, 4) is 21.8 Å². The Morgan fingerprint density at radius 2 is 1.94 bits per heavy atom. The van der Waals surface area contributed by atoms with Crippen LogP contribution in [0, 0.1) is 11.6 Å². The molecular formula is C22H17ClF2N4OS. The maximum atomic E-state index is 13.9. The summed E-state index contributed by atoms with van der Waals surface area (Å²) in [4.78, 5) is 13.6. The highest BCUT2D eigenvalue weighted by atomic mass is 35.5. The second-order valence-corrected chi connectivity index (χ2v) is 7.95. The molecule has 0 amide bonds. The van der Waals surface area contributed by atoms with Gasteiger partial charge >= 0.3 is 0 Å². The number of aromatic nitrogens is 2. The van der Waals surface area contributed by atoms with Gasteiger partial charge < -0.3 is 10.2 Å². The lowest BCUT2D eigenvalue weighted by atomic mass is 10.0. The molecule has 0 bridgehead atoms. The van der Waals surface area contributed by atoms with Crippen LogP contribution in [0.2, 0.25) is 0 Å². The number of nitrogens with zero attached hydrogens (tertiary/aromatic N) is 3. The van der Waals surface area contributed by atoms with Gasteiger partial charge in [-0.05, 0) is 48.6 Å². The van der Waals surface area contributed by atoms with Crippen LogP contribution >= 0.6 is 23.7 Å². The fourth-order valence-corrected chi connectivity index (χ4v) is 4.63. The van der Waals surface area contributed by atoms with E-state index >= 15 is 0 Å². The molecule has 0 spiro atoms. The van der Waals surface area contributed by atoms with Gasteiger partial charge in [-0.25, -0.2) is 23.7 Å². The largest absolute Gasteiger partial charge is 0.444 e. The maximum absolute atomic E-state index is 13.9. The number of hydrogen-bond donors (Lipinski definition) is 1. The predicted octanol–water partition coefficient (Wildman–Crippen LogP) is 5.69. The number of rotatable bonds is 3. The molecule has 0 unspecified atom stereocenters. The number of fused-ring (bicyclic) bond motifs is 3. The molecule has 0 radical (unpaired) electrons. The van der Waals surface area contributed by atoms with Gasteiger partial charge in [0.2, 0.25) is 0 Å². The third-order valence-electron chi connectivity index (χ3n) is 5.02. The molecule has 4 aromatic rings. The summed E-state index contributed by atoms with van der Waals surface area (Å²) in [6.45, 7) is 0. The molecule has 5 rings (SSSR count). The Morgan fingerprint density at radius 1 is 1.13 bits per heavy atom. The van der Waals surface area contributed by atoms with Crippen LogP contribution in [0.15, 0.2) is 58.4 Å². The van der Waals surface area contributed by atoms with Gasteiger partial charge in [-0.3, -0.25) is 0 Å². The van der Waals surface area contributed by atoms with Crippen LogP contribution in [-0.4, -0.2) is 15.8 Å². The summed E-state index contributed by atoms with van der Waals surface area (Å²) in [6, 6.07) is 9.75. The quantitative estimate of drug-likeness (QED) is 0.316. The molecular weight excluding hydrogens is 442 g/mol. The van der Waals surface area contributed by atoms with Gasteiger partial charge in [0.25, 0.3) is 0 Å². The minimum atomic E-state index is -0.766. The normalized spacial score (nSPS) is 13.2. The van der Waals surface area contributed by atoms with Gasteiger partial charge in [-0.15, -0.1) is 23.7 Å². The van der Waals surface area contributed by atoms with E-state index in [9.17, 15) is 8.78 Å². The lowest BCUT2D eigenvalue weighted by molar-refractivity contribution is 0.572. The first-order valence-electron chi connectivity index (χ1n) is 9.40. The monoisotopic (exact) mass is 458 g/mol. The molecule has 31 heavy (non-hydrogen) atoms. The van der Waals surface area contributed by atoms with Crippen LogP contribution in [0.1, 0.15) is 22.7 Å². The van der Waals surface area contributed by atoms with Gasteiger partial charge in [-0.2, -0.15) is 0 Å². The molecule has 0 fully saturated rings. The standard InChI is InChI=1S/C22H16F2N4OS.ClH/c23-15-4-2-5-16(24)19(15)28-21(25)22-27-17-6-1-3-12-7-8-13(18-10-26-11-29-18)9-14(12)20(17)30-22;/h2,4-5,7-11H,1,3,6H2,(H2,25,28);1H. The minimum Gasteiger partial charge on any atom is -0.444 e. The molecule has 158 valence electrons. The number of benzene rings is 2. The summed E-state index contributed by atoms with van der Waals surface area (Å²) in [5.41, 5.74) is 9.78. The van der Waals surface area contributed by atoms with Gasteiger partial charge in [0.1, 0.15) is 5.69 Å². The number of para-hydroxylation sites is 1. The zero-order chi connectivity index (χ0) is 20.7. The number of halogens is 3. The molecule has 1 aliphatic rings. The van der Waals surface area contributed by atoms with Crippen LogP contribution in [0.25, 0.3) is 21.8 Å². The van der Waals surface area contributed by atoms with Crippen molar-refractivity contribution in [3.63, 3.8) is 0 Å². The van der Waals surface area contributed by atoms with E-state index in [0.717, 1.165) is 53.1 Å². The van der Waals surface area contributed by atoms with E-state index in [1.807, 2.05) is 6.07 Å². The second-order valence-electron chi connectivity index (χ2n) is 6.95. The summed E-state index contributed by atoms with van der Waals surface area (Å²) in [5.74, 6) is -0.856.